The maximum absolute atomic E-state index is 13.7. The summed E-state index contributed by atoms with van der Waals surface area (Å²) < 4.78 is 128. The Kier molecular flexibility index (Phi) is 8.17. The number of amides is 1. The molecule has 0 saturated heterocycles. The van der Waals surface area contributed by atoms with E-state index < -0.39 is 56.5 Å². The summed E-state index contributed by atoms with van der Waals surface area (Å²) in [4.78, 5) is 7.48. The van der Waals surface area contributed by atoms with E-state index in [1.54, 1.807) is 0 Å². The van der Waals surface area contributed by atoms with Gasteiger partial charge >= 0.3 is 18.8 Å². The number of rotatable bonds is 6. The lowest BCUT2D eigenvalue weighted by atomic mass is 10.1. The highest BCUT2D eigenvalue weighted by atomic mass is 32.2. The molecule has 4 N–H and O–H groups in total. The number of carbonyl (C=O) groups is 1. The molecule has 1 unspecified atom stereocenters. The van der Waals surface area contributed by atoms with Crippen LogP contribution in [0.3, 0.4) is 0 Å². The summed E-state index contributed by atoms with van der Waals surface area (Å²) in [5.74, 6) is 4.01. The first-order valence-electron chi connectivity index (χ1n) is 6.60. The molecule has 16 heteroatoms. The van der Waals surface area contributed by atoms with Gasteiger partial charge in [0.15, 0.2) is 0 Å². The first-order valence-corrected chi connectivity index (χ1v) is 8.04. The van der Waals surface area contributed by atoms with Gasteiger partial charge in [-0.15, -0.1) is 0 Å². The van der Waals surface area contributed by atoms with Gasteiger partial charge in [-0.25, -0.2) is 18.7 Å². The van der Waals surface area contributed by atoms with E-state index in [1.807, 2.05) is 0 Å². The number of hydrogen-bond acceptors (Lipinski definition) is 5. The number of benzene rings is 1. The highest BCUT2D eigenvalue weighted by molar-refractivity contribution is 7.89. The number of alkyl halides is 8. The first-order chi connectivity index (χ1) is 12.5. The Hall–Kier alpha value is -2.20. The molecular weight excluding hydrogens is 434 g/mol. The molecule has 1 amide bonds. The third kappa shape index (κ3) is 5.41. The zero-order valence-corrected chi connectivity index (χ0v) is 14.4. The Morgan fingerprint density at radius 2 is 1.46 bits per heavy atom. The summed E-state index contributed by atoms with van der Waals surface area (Å²) in [6, 6.07) is -3.55. The molecule has 1 aromatic rings. The van der Waals surface area contributed by atoms with Gasteiger partial charge in [-0.3, -0.25) is 4.79 Å². The number of hydrazine groups is 1. The van der Waals surface area contributed by atoms with Crippen LogP contribution in [0.25, 0.3) is 0 Å². The summed E-state index contributed by atoms with van der Waals surface area (Å²) in [5, 5.41) is 0. The smallest absolute Gasteiger partial charge is 0.429 e. The molecule has 0 aliphatic rings. The van der Waals surface area contributed by atoms with Crippen molar-refractivity contribution in [3.8, 4) is 5.75 Å². The van der Waals surface area contributed by atoms with Crippen LogP contribution in [0.5, 0.6) is 5.75 Å². The van der Waals surface area contributed by atoms with Gasteiger partial charge in [0.1, 0.15) is 5.75 Å². The van der Waals surface area contributed by atoms with Gasteiger partial charge in [0.05, 0.1) is 4.90 Å². The Bertz CT molecular complexity index is 753. The quantitative estimate of drug-likeness (QED) is 0.228. The molecule has 0 fully saturated rings. The summed E-state index contributed by atoms with van der Waals surface area (Å²) in [6.45, 7) is -3.85. The van der Waals surface area contributed by atoms with Crippen molar-refractivity contribution in [1.29, 1.82) is 0 Å². The molecule has 0 heterocycles. The second kappa shape index (κ2) is 8.87. The minimum Gasteiger partial charge on any atom is -0.435 e. The molecule has 0 spiro atoms. The van der Waals surface area contributed by atoms with Crippen LogP contribution in [0.1, 0.15) is 6.92 Å². The molecule has 0 radical (unpaired) electrons. The molecule has 0 saturated carbocycles. The zero-order chi connectivity index (χ0) is 22.6. The van der Waals surface area contributed by atoms with E-state index in [-0.39, 0.29) is 6.41 Å². The van der Waals surface area contributed by atoms with Crippen molar-refractivity contribution < 1.29 is 53.1 Å². The van der Waals surface area contributed by atoms with Crippen LogP contribution in [0.4, 0.5) is 35.1 Å². The maximum atomic E-state index is 13.7. The average Bonchev–Trinajstić information content (AvgIpc) is 2.53. The maximum Gasteiger partial charge on any atom is 0.429 e. The Morgan fingerprint density at radius 1 is 1.07 bits per heavy atom. The number of ether oxygens (including phenoxy) is 1. The fourth-order valence-electron chi connectivity index (χ4n) is 1.44. The molecule has 1 aromatic carbocycles. The second-order valence-electron chi connectivity index (χ2n) is 4.83. The standard InChI is InChI=1S/C11H10F8N2O3S.CH3NO/c1-9(14,10(15,16)17)11(18,19)21(20)25(22,23)7-4-2-6(3-5-7)24-8(12)13;2-1-3/h2-5,8H,20H2,1H3;1H,(H2,2,3). The number of nitrogens with two attached hydrogens (primary N) is 2. The fraction of sp³-hybridized carbons (Fsp3) is 0.417. The lowest BCUT2D eigenvalue weighted by Gasteiger charge is -2.36. The number of primary amides is 1. The molecule has 162 valence electrons. The van der Waals surface area contributed by atoms with Crippen molar-refractivity contribution in [2.24, 2.45) is 11.6 Å². The minimum atomic E-state index is -6.14. The lowest BCUT2D eigenvalue weighted by molar-refractivity contribution is -0.322. The van der Waals surface area contributed by atoms with E-state index >= 15 is 0 Å². The minimum absolute atomic E-state index is 0.250. The van der Waals surface area contributed by atoms with E-state index in [9.17, 15) is 43.5 Å². The molecule has 1 rings (SSSR count). The highest BCUT2D eigenvalue weighted by Gasteiger charge is 2.72. The van der Waals surface area contributed by atoms with Crippen molar-refractivity contribution >= 4 is 16.4 Å². The van der Waals surface area contributed by atoms with E-state index in [2.05, 4.69) is 16.3 Å². The molecule has 0 aliphatic carbocycles. The normalized spacial score (nSPS) is 14.9. The van der Waals surface area contributed by atoms with Crippen LogP contribution in [0.15, 0.2) is 29.2 Å². The second-order valence-corrected chi connectivity index (χ2v) is 6.64. The predicted molar refractivity (Wildman–Crippen MR) is 77.1 cm³/mol. The van der Waals surface area contributed by atoms with Crippen LogP contribution >= 0.6 is 0 Å². The Labute approximate surface area is 152 Å². The summed E-state index contributed by atoms with van der Waals surface area (Å²) in [6.07, 6.45) is -5.89. The van der Waals surface area contributed by atoms with Crippen LogP contribution in [-0.2, 0) is 14.8 Å². The van der Waals surface area contributed by atoms with Crippen LogP contribution in [-0.4, -0.2) is 43.7 Å². The van der Waals surface area contributed by atoms with Crippen molar-refractivity contribution in [2.45, 2.75) is 36.3 Å². The van der Waals surface area contributed by atoms with Crippen molar-refractivity contribution in [3.63, 3.8) is 0 Å². The SMILES string of the molecule is CC(F)(C(F)(F)F)C(F)(F)N(N)S(=O)(=O)c1ccc(OC(F)F)cc1.NC=O. The van der Waals surface area contributed by atoms with Gasteiger partial charge in [0.2, 0.25) is 6.41 Å². The number of nitrogens with zero attached hydrogens (tertiary/aromatic N) is 1. The molecule has 0 aliphatic heterocycles. The largest absolute Gasteiger partial charge is 0.435 e. The van der Waals surface area contributed by atoms with Crippen molar-refractivity contribution in [1.82, 2.24) is 4.41 Å². The highest BCUT2D eigenvalue weighted by Crippen LogP contribution is 2.47. The third-order valence-corrected chi connectivity index (χ3v) is 4.59. The lowest BCUT2D eigenvalue weighted by Crippen LogP contribution is -2.65. The summed E-state index contributed by atoms with van der Waals surface area (Å²) >= 11 is 0. The number of sulfonamides is 1. The zero-order valence-electron chi connectivity index (χ0n) is 13.6. The van der Waals surface area contributed by atoms with Gasteiger partial charge in [-0.05, 0) is 31.2 Å². The first kappa shape index (κ1) is 25.8. The van der Waals surface area contributed by atoms with E-state index in [1.165, 1.54) is 0 Å². The molecule has 0 bridgehead atoms. The number of carbonyl (C=O) groups excluding carboxylic acids is 1. The molecular formula is C12H13F8N3O4S. The third-order valence-electron chi connectivity index (χ3n) is 2.98. The van der Waals surface area contributed by atoms with E-state index in [0.717, 1.165) is 0 Å². The Morgan fingerprint density at radius 3 is 1.79 bits per heavy atom. The topological polar surface area (TPSA) is 116 Å². The van der Waals surface area contributed by atoms with Gasteiger partial charge in [-0.1, -0.05) is 4.41 Å². The molecule has 0 aromatic heterocycles. The average molecular weight is 447 g/mol. The van der Waals surface area contributed by atoms with Crippen LogP contribution < -0.4 is 16.3 Å². The molecule has 7 nitrogen and oxygen atoms in total. The summed E-state index contributed by atoms with van der Waals surface area (Å²) in [5.41, 5.74) is -1.14. The van der Waals surface area contributed by atoms with Crippen molar-refractivity contribution in [3.05, 3.63) is 24.3 Å². The van der Waals surface area contributed by atoms with Gasteiger partial charge in [-0.2, -0.15) is 30.7 Å². The Balaban J connectivity index is 0.00000227. The van der Waals surface area contributed by atoms with E-state index in [0.29, 0.717) is 24.3 Å². The van der Waals surface area contributed by atoms with Gasteiger partial charge < -0.3 is 10.5 Å². The molecule has 1 atom stereocenters. The number of halogens is 8. The summed E-state index contributed by atoms with van der Waals surface area (Å²) in [7, 11) is -5.51. The van der Waals surface area contributed by atoms with Crippen molar-refractivity contribution in [2.75, 3.05) is 0 Å². The molecule has 28 heavy (non-hydrogen) atoms. The predicted octanol–water partition coefficient (Wildman–Crippen LogP) is 2.14. The van der Waals surface area contributed by atoms with Gasteiger partial charge in [0, 0.05) is 0 Å². The van der Waals surface area contributed by atoms with E-state index in [4.69, 9.17) is 4.79 Å². The monoisotopic (exact) mass is 447 g/mol. The van der Waals surface area contributed by atoms with Crippen LogP contribution in [0.2, 0.25) is 0 Å². The fourth-order valence-corrected chi connectivity index (χ4v) is 2.62. The van der Waals surface area contributed by atoms with Gasteiger partial charge in [0.25, 0.3) is 15.7 Å². The number of hydrogen-bond donors (Lipinski definition) is 2. The van der Waals surface area contributed by atoms with Crippen LogP contribution in [0, 0.1) is 0 Å².